The third kappa shape index (κ3) is 4.28. The number of methoxy groups -OCH3 is 2. The van der Waals surface area contributed by atoms with Crippen molar-refractivity contribution in [2.24, 2.45) is 0 Å². The van der Waals surface area contributed by atoms with Crippen LogP contribution in [0.4, 0.5) is 4.79 Å². The predicted octanol–water partition coefficient (Wildman–Crippen LogP) is 2.65. The number of ether oxygens (including phenoxy) is 3. The number of nitrogens with zero attached hydrogens (tertiary/aromatic N) is 2. The van der Waals surface area contributed by atoms with E-state index in [9.17, 15) is 9.59 Å². The highest BCUT2D eigenvalue weighted by Crippen LogP contribution is 2.34. The Labute approximate surface area is 154 Å². The molecule has 0 bridgehead atoms. The molecule has 7 nitrogen and oxygen atoms in total. The Bertz CT molecular complexity index is 679. The molecule has 0 spiro atoms. The van der Waals surface area contributed by atoms with E-state index in [0.717, 1.165) is 5.56 Å². The van der Waals surface area contributed by atoms with Crippen molar-refractivity contribution < 1.29 is 23.8 Å². The van der Waals surface area contributed by atoms with Crippen LogP contribution >= 0.6 is 0 Å². The molecule has 0 saturated carbocycles. The molecule has 1 fully saturated rings. The zero-order valence-corrected chi connectivity index (χ0v) is 15.8. The largest absolute Gasteiger partial charge is 0.493 e. The Morgan fingerprint density at radius 2 is 1.73 bits per heavy atom. The molecule has 0 aliphatic carbocycles. The highest BCUT2D eigenvalue weighted by Gasteiger charge is 2.26. The van der Waals surface area contributed by atoms with Gasteiger partial charge in [-0.1, -0.05) is 12.2 Å². The van der Waals surface area contributed by atoms with Crippen LogP contribution in [0.25, 0.3) is 6.08 Å². The van der Waals surface area contributed by atoms with Gasteiger partial charge in [-0.2, -0.15) is 0 Å². The first kappa shape index (κ1) is 19.6. The molecule has 0 atom stereocenters. The van der Waals surface area contributed by atoms with Gasteiger partial charge in [-0.3, -0.25) is 4.79 Å². The molecule has 1 aliphatic heterocycles. The first-order valence-electron chi connectivity index (χ1n) is 8.65. The van der Waals surface area contributed by atoms with Crippen LogP contribution in [0.5, 0.6) is 11.5 Å². The second kappa shape index (κ2) is 9.12. The fourth-order valence-corrected chi connectivity index (χ4v) is 2.91. The molecule has 2 rings (SSSR count). The monoisotopic (exact) mass is 362 g/mol. The molecule has 1 aromatic carbocycles. The van der Waals surface area contributed by atoms with E-state index in [1.54, 1.807) is 43.1 Å². The van der Waals surface area contributed by atoms with Crippen LogP contribution in [0.2, 0.25) is 0 Å². The van der Waals surface area contributed by atoms with Crippen molar-refractivity contribution in [3.63, 3.8) is 0 Å². The molecular weight excluding hydrogens is 336 g/mol. The maximum atomic E-state index is 12.9. The molecular formula is C19H26N2O5. The van der Waals surface area contributed by atoms with Crippen LogP contribution in [0, 0.1) is 0 Å². The van der Waals surface area contributed by atoms with E-state index in [-0.39, 0.29) is 12.0 Å². The summed E-state index contributed by atoms with van der Waals surface area (Å²) in [7, 11) is 3.12. The molecule has 1 aliphatic rings. The molecule has 7 heteroatoms. The van der Waals surface area contributed by atoms with Gasteiger partial charge in [0.15, 0.2) is 11.5 Å². The van der Waals surface area contributed by atoms with Crippen molar-refractivity contribution >= 4 is 18.1 Å². The lowest BCUT2D eigenvalue weighted by molar-refractivity contribution is 0.0570. The molecule has 1 aromatic rings. The van der Waals surface area contributed by atoms with Crippen LogP contribution in [-0.4, -0.2) is 68.8 Å². The van der Waals surface area contributed by atoms with Gasteiger partial charge in [0.2, 0.25) is 0 Å². The van der Waals surface area contributed by atoms with E-state index in [2.05, 4.69) is 0 Å². The fraction of sp³-hybridized carbons (Fsp3) is 0.474. The third-order valence-corrected chi connectivity index (χ3v) is 4.19. The quantitative estimate of drug-likeness (QED) is 0.805. The fourth-order valence-electron chi connectivity index (χ4n) is 2.91. The van der Waals surface area contributed by atoms with Gasteiger partial charge in [-0.25, -0.2) is 4.79 Å². The smallest absolute Gasteiger partial charge is 0.409 e. The highest BCUT2D eigenvalue weighted by atomic mass is 16.6. The summed E-state index contributed by atoms with van der Waals surface area (Å²) in [6.07, 6.45) is 3.42. The minimum absolute atomic E-state index is 0.0970. The summed E-state index contributed by atoms with van der Waals surface area (Å²) in [6, 6.07) is 3.48. The third-order valence-electron chi connectivity index (χ3n) is 4.19. The van der Waals surface area contributed by atoms with E-state index in [0.29, 0.717) is 49.8 Å². The van der Waals surface area contributed by atoms with Gasteiger partial charge in [0.1, 0.15) is 0 Å². The second-order valence-corrected chi connectivity index (χ2v) is 5.78. The van der Waals surface area contributed by atoms with Crippen molar-refractivity contribution in [2.75, 3.05) is 47.0 Å². The minimum Gasteiger partial charge on any atom is -0.493 e. The number of allylic oxidation sites excluding steroid dienone is 1. The summed E-state index contributed by atoms with van der Waals surface area (Å²) in [4.78, 5) is 28.0. The van der Waals surface area contributed by atoms with Crippen LogP contribution in [-0.2, 0) is 4.74 Å². The van der Waals surface area contributed by atoms with Crippen molar-refractivity contribution in [1.82, 2.24) is 9.80 Å². The van der Waals surface area contributed by atoms with E-state index >= 15 is 0 Å². The first-order valence-corrected chi connectivity index (χ1v) is 8.65. The normalized spacial score (nSPS) is 14.5. The average molecular weight is 362 g/mol. The molecule has 0 unspecified atom stereocenters. The maximum absolute atomic E-state index is 12.9. The summed E-state index contributed by atoms with van der Waals surface area (Å²) in [6.45, 7) is 5.86. The summed E-state index contributed by atoms with van der Waals surface area (Å²) in [5.74, 6) is 1.01. The number of hydrogen-bond acceptors (Lipinski definition) is 5. The first-order chi connectivity index (χ1) is 12.5. The molecule has 26 heavy (non-hydrogen) atoms. The molecule has 2 amide bonds. The standard InChI is InChI=1S/C19H26N2O5/c1-5-7-14-12-15(13-16(24-3)17(14)25-4)18(22)20-8-10-21(11-9-20)19(23)26-6-2/h5,7,12-13H,6,8-11H2,1-4H3/b7-5+. The number of benzene rings is 1. The molecule has 0 radical (unpaired) electrons. The molecule has 0 N–H and O–H groups in total. The van der Waals surface area contributed by atoms with E-state index in [1.165, 1.54) is 0 Å². The number of piperazine rings is 1. The van der Waals surface area contributed by atoms with Crippen molar-refractivity contribution in [3.05, 3.63) is 29.3 Å². The SMILES string of the molecule is C/C=C/c1cc(C(=O)N2CCN(C(=O)OCC)CC2)cc(OC)c1OC. The summed E-state index contributed by atoms with van der Waals surface area (Å²) < 4.78 is 15.8. The lowest BCUT2D eigenvalue weighted by atomic mass is 10.1. The van der Waals surface area contributed by atoms with Gasteiger partial charge >= 0.3 is 6.09 Å². The summed E-state index contributed by atoms with van der Waals surface area (Å²) >= 11 is 0. The lowest BCUT2D eigenvalue weighted by Gasteiger charge is -2.34. The maximum Gasteiger partial charge on any atom is 0.409 e. The molecule has 0 aromatic heterocycles. The number of carbonyl (C=O) groups is 2. The Balaban J connectivity index is 2.17. The van der Waals surface area contributed by atoms with Crippen molar-refractivity contribution in [3.8, 4) is 11.5 Å². The topological polar surface area (TPSA) is 68.3 Å². The Morgan fingerprint density at radius 1 is 1.08 bits per heavy atom. The summed E-state index contributed by atoms with van der Waals surface area (Å²) in [5.41, 5.74) is 1.31. The van der Waals surface area contributed by atoms with E-state index < -0.39 is 0 Å². The molecule has 1 heterocycles. The Kier molecular flexibility index (Phi) is 6.89. The second-order valence-electron chi connectivity index (χ2n) is 5.78. The lowest BCUT2D eigenvalue weighted by Crippen LogP contribution is -2.50. The molecule has 1 saturated heterocycles. The van der Waals surface area contributed by atoms with Crippen LogP contribution in [0.1, 0.15) is 29.8 Å². The van der Waals surface area contributed by atoms with Gasteiger partial charge in [0, 0.05) is 37.3 Å². The van der Waals surface area contributed by atoms with Crippen molar-refractivity contribution in [2.45, 2.75) is 13.8 Å². The Hall–Kier alpha value is -2.70. The van der Waals surface area contributed by atoms with Gasteiger partial charge in [-0.15, -0.1) is 0 Å². The van der Waals surface area contributed by atoms with Gasteiger partial charge in [-0.05, 0) is 26.0 Å². The van der Waals surface area contributed by atoms with E-state index in [4.69, 9.17) is 14.2 Å². The van der Waals surface area contributed by atoms with Crippen LogP contribution < -0.4 is 9.47 Å². The average Bonchev–Trinajstić information content (AvgIpc) is 2.67. The summed E-state index contributed by atoms with van der Waals surface area (Å²) in [5, 5.41) is 0. The van der Waals surface area contributed by atoms with Crippen LogP contribution in [0.15, 0.2) is 18.2 Å². The van der Waals surface area contributed by atoms with E-state index in [1.807, 2.05) is 19.1 Å². The number of amides is 2. The zero-order chi connectivity index (χ0) is 19.1. The van der Waals surface area contributed by atoms with Crippen LogP contribution in [0.3, 0.4) is 0 Å². The predicted molar refractivity (Wildman–Crippen MR) is 98.8 cm³/mol. The Morgan fingerprint density at radius 3 is 2.27 bits per heavy atom. The number of hydrogen-bond donors (Lipinski definition) is 0. The highest BCUT2D eigenvalue weighted by molar-refractivity contribution is 5.96. The van der Waals surface area contributed by atoms with Gasteiger partial charge in [0.05, 0.1) is 20.8 Å². The van der Waals surface area contributed by atoms with Gasteiger partial charge in [0.25, 0.3) is 5.91 Å². The minimum atomic E-state index is -0.332. The van der Waals surface area contributed by atoms with Gasteiger partial charge < -0.3 is 24.0 Å². The molecule has 142 valence electrons. The van der Waals surface area contributed by atoms with Crippen molar-refractivity contribution in [1.29, 1.82) is 0 Å². The number of carbonyl (C=O) groups excluding carboxylic acids is 2. The zero-order valence-electron chi connectivity index (χ0n) is 15.8. The number of rotatable bonds is 5.